The Labute approximate surface area is 94.8 Å². The third-order valence-electron chi connectivity index (χ3n) is 2.83. The molecule has 0 heterocycles. The molecular weight excluding hydrogens is 214 g/mol. The molecule has 0 spiro atoms. The number of hydrogen-bond acceptors (Lipinski definition) is 3. The fourth-order valence-corrected chi connectivity index (χ4v) is 2.02. The van der Waals surface area contributed by atoms with E-state index in [1.807, 2.05) is 0 Å². The molecule has 3 nitrogen and oxygen atoms in total. The first-order chi connectivity index (χ1) is 7.74. The number of nitrogens with zero attached hydrogens (tertiary/aromatic N) is 1. The van der Waals surface area contributed by atoms with E-state index in [-0.39, 0.29) is 18.6 Å². The van der Waals surface area contributed by atoms with Crippen molar-refractivity contribution >= 4 is 0 Å². The van der Waals surface area contributed by atoms with Gasteiger partial charge in [-0.3, -0.25) is 0 Å². The molecule has 92 valence electrons. The molecule has 0 aromatic rings. The van der Waals surface area contributed by atoms with Crippen LogP contribution in [0.15, 0.2) is 0 Å². The lowest BCUT2D eigenvalue weighted by Gasteiger charge is -2.27. The van der Waals surface area contributed by atoms with E-state index < -0.39 is 13.0 Å². The minimum atomic E-state index is -2.40. The van der Waals surface area contributed by atoms with Crippen LogP contribution in [0.2, 0.25) is 0 Å². The number of nitriles is 1. The van der Waals surface area contributed by atoms with Crippen LogP contribution in [-0.2, 0) is 4.74 Å². The summed E-state index contributed by atoms with van der Waals surface area (Å²) >= 11 is 0. The summed E-state index contributed by atoms with van der Waals surface area (Å²) in [5.74, 6) is 0.0591. The standard InChI is InChI=1S/C11H18F2N2O/c12-11(13)8-16-6-5-15-10-4-2-1-3-9(10)7-14/h9-11,15H,1-6,8H2. The monoisotopic (exact) mass is 232 g/mol. The van der Waals surface area contributed by atoms with Crippen molar-refractivity contribution in [2.24, 2.45) is 5.92 Å². The second-order valence-electron chi connectivity index (χ2n) is 4.05. The Morgan fingerprint density at radius 1 is 1.38 bits per heavy atom. The third kappa shape index (κ3) is 4.86. The lowest BCUT2D eigenvalue weighted by atomic mass is 9.85. The van der Waals surface area contributed by atoms with Crippen molar-refractivity contribution in [3.05, 3.63) is 0 Å². The lowest BCUT2D eigenvalue weighted by Crippen LogP contribution is -2.39. The zero-order valence-corrected chi connectivity index (χ0v) is 9.29. The average molecular weight is 232 g/mol. The highest BCUT2D eigenvalue weighted by Gasteiger charge is 2.23. The fraction of sp³-hybridized carbons (Fsp3) is 0.909. The van der Waals surface area contributed by atoms with Crippen molar-refractivity contribution in [3.63, 3.8) is 0 Å². The quantitative estimate of drug-likeness (QED) is 0.712. The molecule has 1 aliphatic carbocycles. The minimum Gasteiger partial charge on any atom is -0.374 e. The summed E-state index contributed by atoms with van der Waals surface area (Å²) in [6, 6.07) is 2.49. The van der Waals surface area contributed by atoms with Crippen molar-refractivity contribution < 1.29 is 13.5 Å². The van der Waals surface area contributed by atoms with Crippen LogP contribution in [0, 0.1) is 17.2 Å². The van der Waals surface area contributed by atoms with Gasteiger partial charge < -0.3 is 10.1 Å². The molecule has 1 saturated carbocycles. The van der Waals surface area contributed by atoms with Crippen LogP contribution in [0.1, 0.15) is 25.7 Å². The molecule has 0 radical (unpaired) electrons. The van der Waals surface area contributed by atoms with Gasteiger partial charge in [0.2, 0.25) is 0 Å². The molecule has 0 saturated heterocycles. The third-order valence-corrected chi connectivity index (χ3v) is 2.83. The van der Waals surface area contributed by atoms with Gasteiger partial charge >= 0.3 is 0 Å². The molecular formula is C11H18F2N2O. The molecule has 2 unspecified atom stereocenters. The summed E-state index contributed by atoms with van der Waals surface area (Å²) in [5, 5.41) is 12.1. The molecule has 0 aromatic heterocycles. The van der Waals surface area contributed by atoms with Gasteiger partial charge in [0.15, 0.2) is 0 Å². The van der Waals surface area contributed by atoms with Gasteiger partial charge in [-0.25, -0.2) is 8.78 Å². The van der Waals surface area contributed by atoms with Gasteiger partial charge in [0.1, 0.15) is 6.61 Å². The van der Waals surface area contributed by atoms with E-state index in [1.54, 1.807) is 0 Å². The minimum absolute atomic E-state index is 0.0591. The van der Waals surface area contributed by atoms with Crippen LogP contribution in [-0.4, -0.2) is 32.2 Å². The Morgan fingerprint density at radius 3 is 2.81 bits per heavy atom. The number of hydrogen-bond donors (Lipinski definition) is 1. The van der Waals surface area contributed by atoms with Crippen molar-refractivity contribution in [1.29, 1.82) is 5.26 Å². The first-order valence-electron chi connectivity index (χ1n) is 5.73. The highest BCUT2D eigenvalue weighted by atomic mass is 19.3. The van der Waals surface area contributed by atoms with Crippen LogP contribution in [0.3, 0.4) is 0 Å². The first-order valence-corrected chi connectivity index (χ1v) is 5.73. The van der Waals surface area contributed by atoms with Crippen molar-refractivity contribution in [3.8, 4) is 6.07 Å². The predicted molar refractivity (Wildman–Crippen MR) is 56.2 cm³/mol. The summed E-state index contributed by atoms with van der Waals surface area (Å²) < 4.78 is 28.2. The summed E-state index contributed by atoms with van der Waals surface area (Å²) in [6.07, 6.45) is 1.77. The average Bonchev–Trinajstić information content (AvgIpc) is 2.29. The normalized spacial score (nSPS) is 25.6. The van der Waals surface area contributed by atoms with Gasteiger partial charge in [-0.1, -0.05) is 12.8 Å². The Bertz CT molecular complexity index is 231. The van der Waals surface area contributed by atoms with Gasteiger partial charge in [0, 0.05) is 12.6 Å². The van der Waals surface area contributed by atoms with Gasteiger partial charge in [0.05, 0.1) is 18.6 Å². The first kappa shape index (κ1) is 13.3. The maximum absolute atomic E-state index is 11.7. The second-order valence-corrected chi connectivity index (χ2v) is 4.05. The van der Waals surface area contributed by atoms with Crippen LogP contribution in [0.4, 0.5) is 8.78 Å². The molecule has 5 heteroatoms. The largest absolute Gasteiger partial charge is 0.374 e. The van der Waals surface area contributed by atoms with Crippen LogP contribution in [0.5, 0.6) is 0 Å². The fourth-order valence-electron chi connectivity index (χ4n) is 2.02. The van der Waals surface area contributed by atoms with Gasteiger partial charge in [-0.05, 0) is 12.8 Å². The zero-order valence-electron chi connectivity index (χ0n) is 9.29. The Kier molecular flexibility index (Phi) is 6.27. The highest BCUT2D eigenvalue weighted by molar-refractivity contribution is 4.94. The van der Waals surface area contributed by atoms with Crippen molar-refractivity contribution in [2.75, 3.05) is 19.8 Å². The maximum Gasteiger partial charge on any atom is 0.261 e. The van der Waals surface area contributed by atoms with E-state index in [1.165, 1.54) is 0 Å². The summed E-state index contributed by atoms with van der Waals surface area (Å²) in [7, 11) is 0. The molecule has 16 heavy (non-hydrogen) atoms. The van der Waals surface area contributed by atoms with Crippen LogP contribution >= 0.6 is 0 Å². The highest BCUT2D eigenvalue weighted by Crippen LogP contribution is 2.23. The molecule has 2 atom stereocenters. The zero-order chi connectivity index (χ0) is 11.8. The van der Waals surface area contributed by atoms with Gasteiger partial charge in [0.25, 0.3) is 6.43 Å². The molecule has 1 N–H and O–H groups in total. The van der Waals surface area contributed by atoms with Crippen molar-refractivity contribution in [2.45, 2.75) is 38.2 Å². The Hall–Kier alpha value is -0.730. The molecule has 0 aliphatic heterocycles. The molecule has 0 aromatic carbocycles. The number of halogens is 2. The summed E-state index contributed by atoms with van der Waals surface area (Å²) in [5.41, 5.74) is 0. The maximum atomic E-state index is 11.7. The molecule has 1 aliphatic rings. The van der Waals surface area contributed by atoms with E-state index in [0.717, 1.165) is 25.7 Å². The molecule has 1 rings (SSSR count). The second kappa shape index (κ2) is 7.53. The molecule has 1 fully saturated rings. The van der Waals surface area contributed by atoms with E-state index in [4.69, 9.17) is 10.00 Å². The number of rotatable bonds is 6. The van der Waals surface area contributed by atoms with E-state index in [9.17, 15) is 8.78 Å². The van der Waals surface area contributed by atoms with E-state index >= 15 is 0 Å². The van der Waals surface area contributed by atoms with E-state index in [2.05, 4.69) is 11.4 Å². The Morgan fingerprint density at radius 2 is 2.12 bits per heavy atom. The number of ether oxygens (including phenoxy) is 1. The summed E-state index contributed by atoms with van der Waals surface area (Å²) in [6.45, 7) is 0.308. The lowest BCUT2D eigenvalue weighted by molar-refractivity contribution is 0.0177. The molecule has 0 amide bonds. The Balaban J connectivity index is 2.09. The summed E-state index contributed by atoms with van der Waals surface area (Å²) in [4.78, 5) is 0. The van der Waals surface area contributed by atoms with Gasteiger partial charge in [-0.2, -0.15) is 5.26 Å². The number of nitrogens with one attached hydrogen (secondary N) is 1. The number of alkyl halides is 2. The molecule has 0 bridgehead atoms. The van der Waals surface area contributed by atoms with E-state index in [0.29, 0.717) is 6.54 Å². The topological polar surface area (TPSA) is 45.0 Å². The predicted octanol–water partition coefficient (Wildman–Crippen LogP) is 1.94. The van der Waals surface area contributed by atoms with Gasteiger partial charge in [-0.15, -0.1) is 0 Å². The van der Waals surface area contributed by atoms with Crippen molar-refractivity contribution in [1.82, 2.24) is 5.32 Å². The van der Waals surface area contributed by atoms with Crippen LogP contribution < -0.4 is 5.32 Å². The SMILES string of the molecule is N#CC1CCCCC1NCCOCC(F)F. The smallest absolute Gasteiger partial charge is 0.261 e. The van der Waals surface area contributed by atoms with Crippen LogP contribution in [0.25, 0.3) is 0 Å².